The number of rotatable bonds is 3. The van der Waals surface area contributed by atoms with E-state index in [1.807, 2.05) is 29.8 Å². The molecule has 0 unspecified atom stereocenters. The van der Waals surface area contributed by atoms with Gasteiger partial charge in [-0.3, -0.25) is 0 Å². The van der Waals surface area contributed by atoms with Crippen LogP contribution in [0.4, 0.5) is 5.82 Å². The highest BCUT2D eigenvalue weighted by molar-refractivity contribution is 5.67. The number of hydrazine groups is 1. The van der Waals surface area contributed by atoms with E-state index in [-0.39, 0.29) is 0 Å². The van der Waals surface area contributed by atoms with Crippen LogP contribution in [0.2, 0.25) is 0 Å². The summed E-state index contributed by atoms with van der Waals surface area (Å²) in [6.07, 6.45) is 3.61. The second-order valence-electron chi connectivity index (χ2n) is 4.34. The zero-order valence-corrected chi connectivity index (χ0v) is 10.1. The second kappa shape index (κ2) is 4.09. The third kappa shape index (κ3) is 1.99. The molecule has 0 saturated heterocycles. The van der Waals surface area contributed by atoms with Crippen LogP contribution in [-0.4, -0.2) is 33.7 Å². The van der Waals surface area contributed by atoms with Crippen molar-refractivity contribution in [2.75, 3.05) is 19.5 Å². The fourth-order valence-corrected chi connectivity index (χ4v) is 1.52. The molecule has 0 spiro atoms. The molecule has 2 aromatic heterocycles. The summed E-state index contributed by atoms with van der Waals surface area (Å²) in [5.74, 6) is 1.25. The normalized spacial score (nSPS) is 11.6. The fourth-order valence-electron chi connectivity index (χ4n) is 1.52. The highest BCUT2D eigenvalue weighted by atomic mass is 15.5. The number of nitrogens with zero attached hydrogens (tertiary/aromatic N) is 4. The number of aromatic nitrogens is 3. The van der Waals surface area contributed by atoms with Crippen LogP contribution >= 0.6 is 0 Å². The highest BCUT2D eigenvalue weighted by Crippen LogP contribution is 2.19. The lowest BCUT2D eigenvalue weighted by Gasteiger charge is -2.12. The molecule has 0 radical (unpaired) electrons. The van der Waals surface area contributed by atoms with Crippen molar-refractivity contribution in [2.45, 2.75) is 19.8 Å². The Morgan fingerprint density at radius 1 is 1.38 bits per heavy atom. The van der Waals surface area contributed by atoms with Gasteiger partial charge in [-0.05, 0) is 12.0 Å². The van der Waals surface area contributed by atoms with Gasteiger partial charge < -0.3 is 5.43 Å². The van der Waals surface area contributed by atoms with Crippen molar-refractivity contribution in [1.29, 1.82) is 0 Å². The van der Waals surface area contributed by atoms with E-state index in [9.17, 15) is 0 Å². The highest BCUT2D eigenvalue weighted by Gasteiger charge is 2.09. The Bertz CT molecular complexity index is 486. The lowest BCUT2D eigenvalue weighted by atomic mass is 10.1. The number of anilines is 1. The molecule has 86 valence electrons. The molecule has 2 rings (SSSR count). The van der Waals surface area contributed by atoms with Crippen molar-refractivity contribution in [2.24, 2.45) is 0 Å². The largest absolute Gasteiger partial charge is 0.302 e. The van der Waals surface area contributed by atoms with Gasteiger partial charge in [-0.2, -0.15) is 5.10 Å². The van der Waals surface area contributed by atoms with Gasteiger partial charge in [0.15, 0.2) is 5.82 Å². The molecule has 0 amide bonds. The van der Waals surface area contributed by atoms with Crippen molar-refractivity contribution in [1.82, 2.24) is 19.6 Å². The van der Waals surface area contributed by atoms with E-state index in [4.69, 9.17) is 0 Å². The number of hydrogen-bond acceptors (Lipinski definition) is 4. The third-order valence-corrected chi connectivity index (χ3v) is 2.33. The summed E-state index contributed by atoms with van der Waals surface area (Å²) in [6.45, 7) is 4.27. The van der Waals surface area contributed by atoms with Crippen molar-refractivity contribution in [3.63, 3.8) is 0 Å². The minimum absolute atomic E-state index is 0.423. The van der Waals surface area contributed by atoms with Crippen LogP contribution < -0.4 is 5.43 Å². The van der Waals surface area contributed by atoms with Gasteiger partial charge in [0, 0.05) is 26.5 Å². The van der Waals surface area contributed by atoms with Gasteiger partial charge in [0.1, 0.15) is 5.52 Å². The molecule has 0 aliphatic carbocycles. The molecule has 0 bridgehead atoms. The minimum atomic E-state index is 0.423. The molecule has 5 heteroatoms. The quantitative estimate of drug-likeness (QED) is 0.799. The smallest absolute Gasteiger partial charge is 0.166 e. The molecule has 0 atom stereocenters. The van der Waals surface area contributed by atoms with E-state index in [2.05, 4.69) is 35.4 Å². The van der Waals surface area contributed by atoms with Crippen LogP contribution in [0.1, 0.15) is 25.5 Å². The maximum absolute atomic E-state index is 4.50. The first-order chi connectivity index (χ1) is 7.58. The summed E-state index contributed by atoms with van der Waals surface area (Å²) in [5.41, 5.74) is 5.24. The average molecular weight is 219 g/mol. The summed E-state index contributed by atoms with van der Waals surface area (Å²) in [6, 6.07) is 2.07. The summed E-state index contributed by atoms with van der Waals surface area (Å²) >= 11 is 0. The van der Waals surface area contributed by atoms with E-state index in [1.54, 1.807) is 6.20 Å². The van der Waals surface area contributed by atoms with E-state index in [0.717, 1.165) is 17.0 Å². The molecule has 0 saturated carbocycles. The van der Waals surface area contributed by atoms with Crippen molar-refractivity contribution in [3.8, 4) is 0 Å². The molecule has 0 aliphatic rings. The Morgan fingerprint density at radius 2 is 2.12 bits per heavy atom. The zero-order valence-electron chi connectivity index (χ0n) is 10.1. The number of hydrogen-bond donors (Lipinski definition) is 1. The second-order valence-corrected chi connectivity index (χ2v) is 4.34. The van der Waals surface area contributed by atoms with Gasteiger partial charge in [0.25, 0.3) is 0 Å². The van der Waals surface area contributed by atoms with Gasteiger partial charge in [-0.15, -0.1) is 0 Å². The Balaban J connectivity index is 2.50. The molecule has 0 fully saturated rings. The molecular formula is C11H17N5. The monoisotopic (exact) mass is 219 g/mol. The van der Waals surface area contributed by atoms with Crippen LogP contribution in [0.5, 0.6) is 0 Å². The van der Waals surface area contributed by atoms with Crippen LogP contribution in [0.3, 0.4) is 0 Å². The molecule has 16 heavy (non-hydrogen) atoms. The average Bonchev–Trinajstić information content (AvgIpc) is 2.61. The molecular weight excluding hydrogens is 202 g/mol. The number of nitrogens with one attached hydrogen (secondary N) is 1. The van der Waals surface area contributed by atoms with Crippen LogP contribution in [0.15, 0.2) is 18.5 Å². The topological polar surface area (TPSA) is 45.5 Å². The maximum atomic E-state index is 4.50. The first-order valence-corrected chi connectivity index (χ1v) is 5.36. The van der Waals surface area contributed by atoms with Gasteiger partial charge in [0.2, 0.25) is 0 Å². The van der Waals surface area contributed by atoms with E-state index in [1.165, 1.54) is 0 Å². The molecule has 5 nitrogen and oxygen atoms in total. The minimum Gasteiger partial charge on any atom is -0.302 e. The van der Waals surface area contributed by atoms with E-state index in [0.29, 0.717) is 5.92 Å². The Labute approximate surface area is 95.1 Å². The lowest BCUT2D eigenvalue weighted by Crippen LogP contribution is -2.20. The van der Waals surface area contributed by atoms with Gasteiger partial charge in [0.05, 0.1) is 5.69 Å². The van der Waals surface area contributed by atoms with Gasteiger partial charge >= 0.3 is 0 Å². The molecule has 2 aromatic rings. The van der Waals surface area contributed by atoms with E-state index < -0.39 is 0 Å². The first kappa shape index (κ1) is 10.9. The third-order valence-electron chi connectivity index (χ3n) is 2.33. The fraction of sp³-hybridized carbons (Fsp3) is 0.455. The van der Waals surface area contributed by atoms with E-state index >= 15 is 0 Å². The zero-order chi connectivity index (χ0) is 11.7. The van der Waals surface area contributed by atoms with Crippen LogP contribution in [-0.2, 0) is 0 Å². The van der Waals surface area contributed by atoms with Gasteiger partial charge in [-0.25, -0.2) is 14.5 Å². The van der Waals surface area contributed by atoms with Crippen LogP contribution in [0, 0.1) is 0 Å². The summed E-state index contributed by atoms with van der Waals surface area (Å²) in [7, 11) is 3.87. The summed E-state index contributed by atoms with van der Waals surface area (Å²) < 4.78 is 1.86. The van der Waals surface area contributed by atoms with Gasteiger partial charge in [-0.1, -0.05) is 13.8 Å². The predicted octanol–water partition coefficient (Wildman–Crippen LogP) is 1.74. The predicted molar refractivity (Wildman–Crippen MR) is 64.4 cm³/mol. The molecule has 0 aromatic carbocycles. The molecule has 0 aliphatic heterocycles. The standard InChI is InChI=1S/C11H17N5/c1-8(2)9-7-10-11(14-15(3)4)12-5-6-16(10)13-9/h5-8H,1-4H3,(H,12,14). The molecule has 1 N–H and O–H groups in total. The van der Waals surface area contributed by atoms with Crippen molar-refractivity contribution < 1.29 is 0 Å². The number of fused-ring (bicyclic) bond motifs is 1. The van der Waals surface area contributed by atoms with Crippen molar-refractivity contribution in [3.05, 3.63) is 24.2 Å². The summed E-state index contributed by atoms with van der Waals surface area (Å²) in [5, 5.41) is 6.36. The van der Waals surface area contributed by atoms with Crippen LogP contribution in [0.25, 0.3) is 5.52 Å². The Kier molecular flexibility index (Phi) is 2.78. The first-order valence-electron chi connectivity index (χ1n) is 5.36. The maximum Gasteiger partial charge on any atom is 0.166 e. The Morgan fingerprint density at radius 3 is 2.75 bits per heavy atom. The lowest BCUT2D eigenvalue weighted by molar-refractivity contribution is 0.493. The molecule has 2 heterocycles. The Hall–Kier alpha value is -1.62. The summed E-state index contributed by atoms with van der Waals surface area (Å²) in [4.78, 5) is 4.31. The van der Waals surface area contributed by atoms with Crippen molar-refractivity contribution >= 4 is 11.3 Å². The SMILES string of the molecule is CC(C)c1cc2c(NN(C)C)nccn2n1.